The van der Waals surface area contributed by atoms with Crippen LogP contribution < -0.4 is 10.6 Å². The number of carbonyl (C=O) groups excluding carboxylic acids is 2. The normalized spacial score (nSPS) is 22.8. The zero-order valence-corrected chi connectivity index (χ0v) is 19.2. The zero-order valence-electron chi connectivity index (χ0n) is 19.2. The number of rotatable bonds is 8. The molecular formula is C23H34F2N4O4. The molecule has 3 aliphatic rings. The van der Waals surface area contributed by atoms with Gasteiger partial charge in [-0.05, 0) is 62.7 Å². The molecule has 3 fully saturated rings. The van der Waals surface area contributed by atoms with E-state index in [0.717, 1.165) is 38.5 Å². The summed E-state index contributed by atoms with van der Waals surface area (Å²) in [7, 11) is 0. The molecule has 1 atom stereocenters. The van der Waals surface area contributed by atoms with Gasteiger partial charge in [0.1, 0.15) is 11.6 Å². The molecule has 1 unspecified atom stereocenters. The Morgan fingerprint density at radius 3 is 2.24 bits per heavy atom. The molecule has 10 heteroatoms. The fourth-order valence-corrected chi connectivity index (χ4v) is 5.03. The molecule has 8 nitrogen and oxygen atoms in total. The van der Waals surface area contributed by atoms with Gasteiger partial charge in [0.05, 0.1) is 6.07 Å². The number of carboxylic acid groups (broad SMARTS) is 1. The van der Waals surface area contributed by atoms with E-state index in [-0.39, 0.29) is 17.8 Å². The number of carbonyl (C=O) groups is 3. The fourth-order valence-electron chi connectivity index (χ4n) is 5.03. The number of aliphatic carboxylic acids is 1. The maximum absolute atomic E-state index is 14.1. The molecule has 2 saturated carbocycles. The molecule has 1 spiro atoms. The first-order valence-electron chi connectivity index (χ1n) is 11.9. The van der Waals surface area contributed by atoms with Crippen LogP contribution in [0.1, 0.15) is 77.6 Å². The lowest BCUT2D eigenvalue weighted by molar-refractivity contribution is -0.138. The van der Waals surface area contributed by atoms with Gasteiger partial charge in [0.25, 0.3) is 0 Å². The van der Waals surface area contributed by atoms with Crippen molar-refractivity contribution in [1.82, 2.24) is 15.5 Å². The van der Waals surface area contributed by atoms with Gasteiger partial charge in [-0.25, -0.2) is 13.6 Å². The van der Waals surface area contributed by atoms with Crippen molar-refractivity contribution in [2.75, 3.05) is 13.1 Å². The first-order valence-corrected chi connectivity index (χ1v) is 11.9. The zero-order chi connectivity index (χ0) is 24.3. The van der Waals surface area contributed by atoms with Crippen molar-refractivity contribution < 1.29 is 28.3 Å². The number of urea groups is 1. The van der Waals surface area contributed by atoms with Crippen LogP contribution in [0, 0.1) is 22.7 Å². The number of halogens is 2. The SMILES string of the molecule is CCC(F)(F)CC(NC(=O)N1CCC2(CCC(CC(=O)O)CC2)CC1)C(=O)NC1(C#N)CC1. The van der Waals surface area contributed by atoms with Crippen LogP contribution in [0.4, 0.5) is 13.6 Å². The summed E-state index contributed by atoms with van der Waals surface area (Å²) < 4.78 is 28.2. The molecular weight excluding hydrogens is 434 g/mol. The van der Waals surface area contributed by atoms with Crippen LogP contribution in [0.2, 0.25) is 0 Å². The van der Waals surface area contributed by atoms with Crippen molar-refractivity contribution >= 4 is 17.9 Å². The van der Waals surface area contributed by atoms with E-state index in [1.165, 1.54) is 6.92 Å². The van der Waals surface area contributed by atoms with Crippen molar-refractivity contribution in [2.24, 2.45) is 11.3 Å². The smallest absolute Gasteiger partial charge is 0.318 e. The molecule has 3 N–H and O–H groups in total. The molecule has 184 valence electrons. The summed E-state index contributed by atoms with van der Waals surface area (Å²) in [6.45, 7) is 2.26. The van der Waals surface area contributed by atoms with Gasteiger partial charge in [-0.3, -0.25) is 9.59 Å². The maximum atomic E-state index is 14.1. The summed E-state index contributed by atoms with van der Waals surface area (Å²) in [5.41, 5.74) is -0.901. The van der Waals surface area contributed by atoms with E-state index in [2.05, 4.69) is 10.6 Å². The van der Waals surface area contributed by atoms with Crippen LogP contribution in [0.25, 0.3) is 0 Å². The van der Waals surface area contributed by atoms with Gasteiger partial charge in [0.15, 0.2) is 0 Å². The highest BCUT2D eigenvalue weighted by atomic mass is 19.3. The third-order valence-electron chi connectivity index (χ3n) is 7.70. The second-order valence-corrected chi connectivity index (χ2v) is 10.1. The van der Waals surface area contributed by atoms with Crippen LogP contribution in [-0.4, -0.2) is 58.5 Å². The van der Waals surface area contributed by atoms with Crippen LogP contribution in [0.3, 0.4) is 0 Å². The lowest BCUT2D eigenvalue weighted by atomic mass is 9.65. The number of hydrogen-bond acceptors (Lipinski definition) is 4. The van der Waals surface area contributed by atoms with Gasteiger partial charge in [-0.1, -0.05) is 6.92 Å². The summed E-state index contributed by atoms with van der Waals surface area (Å²) in [6, 6.07) is 0.0435. The van der Waals surface area contributed by atoms with Gasteiger partial charge < -0.3 is 20.6 Å². The lowest BCUT2D eigenvalue weighted by Crippen LogP contribution is -2.56. The average Bonchev–Trinajstić information content (AvgIpc) is 3.55. The second-order valence-electron chi connectivity index (χ2n) is 10.1. The Morgan fingerprint density at radius 2 is 1.76 bits per heavy atom. The van der Waals surface area contributed by atoms with E-state index >= 15 is 0 Å². The van der Waals surface area contributed by atoms with Crippen LogP contribution in [0.5, 0.6) is 0 Å². The average molecular weight is 469 g/mol. The number of hydrogen-bond donors (Lipinski definition) is 3. The molecule has 3 rings (SSSR count). The summed E-state index contributed by atoms with van der Waals surface area (Å²) in [6.07, 6.45) is 5.04. The highest BCUT2D eigenvalue weighted by molar-refractivity contribution is 5.88. The molecule has 3 amide bonds. The largest absolute Gasteiger partial charge is 0.481 e. The van der Waals surface area contributed by atoms with E-state index in [0.29, 0.717) is 25.9 Å². The number of likely N-dealkylation sites (tertiary alicyclic amines) is 1. The highest BCUT2D eigenvalue weighted by Gasteiger charge is 2.47. The van der Waals surface area contributed by atoms with Crippen LogP contribution in [0.15, 0.2) is 0 Å². The van der Waals surface area contributed by atoms with E-state index in [9.17, 15) is 28.4 Å². The molecule has 0 aromatic rings. The Labute approximate surface area is 193 Å². The molecule has 0 aromatic carbocycles. The van der Waals surface area contributed by atoms with E-state index in [1.807, 2.05) is 6.07 Å². The minimum absolute atomic E-state index is 0.100. The molecule has 1 saturated heterocycles. The fraction of sp³-hybridized carbons (Fsp3) is 0.826. The van der Waals surface area contributed by atoms with E-state index in [4.69, 9.17) is 5.11 Å². The number of carboxylic acids is 1. The van der Waals surface area contributed by atoms with Crippen molar-refractivity contribution in [3.8, 4) is 6.07 Å². The molecule has 2 aliphatic carbocycles. The van der Waals surface area contributed by atoms with Crippen molar-refractivity contribution in [2.45, 2.75) is 95.1 Å². The topological polar surface area (TPSA) is 123 Å². The Morgan fingerprint density at radius 1 is 1.15 bits per heavy atom. The van der Waals surface area contributed by atoms with Gasteiger partial charge in [0, 0.05) is 32.4 Å². The maximum Gasteiger partial charge on any atom is 0.318 e. The molecule has 33 heavy (non-hydrogen) atoms. The van der Waals surface area contributed by atoms with Gasteiger partial charge >= 0.3 is 12.0 Å². The summed E-state index contributed by atoms with van der Waals surface area (Å²) in [5, 5.41) is 23.2. The molecule has 1 heterocycles. The summed E-state index contributed by atoms with van der Waals surface area (Å²) in [4.78, 5) is 38.0. The number of alkyl halides is 2. The second kappa shape index (κ2) is 9.82. The number of nitrogens with one attached hydrogen (secondary N) is 2. The van der Waals surface area contributed by atoms with Crippen LogP contribution >= 0.6 is 0 Å². The highest BCUT2D eigenvalue weighted by Crippen LogP contribution is 2.47. The van der Waals surface area contributed by atoms with Gasteiger partial charge in [-0.15, -0.1) is 0 Å². The van der Waals surface area contributed by atoms with Gasteiger partial charge in [0.2, 0.25) is 11.8 Å². The summed E-state index contributed by atoms with van der Waals surface area (Å²) >= 11 is 0. The quantitative estimate of drug-likeness (QED) is 0.504. The predicted octanol–water partition coefficient (Wildman–Crippen LogP) is 3.42. The molecule has 0 aromatic heterocycles. The first-order chi connectivity index (χ1) is 15.5. The third kappa shape index (κ3) is 6.55. The molecule has 1 aliphatic heterocycles. The van der Waals surface area contributed by atoms with Crippen molar-refractivity contribution in [3.05, 3.63) is 0 Å². The Bertz CT molecular complexity index is 791. The summed E-state index contributed by atoms with van der Waals surface area (Å²) in [5.74, 6) is -4.42. The Hall–Kier alpha value is -2.44. The van der Waals surface area contributed by atoms with Crippen molar-refractivity contribution in [1.29, 1.82) is 5.26 Å². The van der Waals surface area contributed by atoms with E-state index in [1.54, 1.807) is 4.90 Å². The number of piperidine rings is 1. The Kier molecular flexibility index (Phi) is 7.49. The number of nitrogens with zero attached hydrogens (tertiary/aromatic N) is 2. The monoisotopic (exact) mass is 468 g/mol. The van der Waals surface area contributed by atoms with Gasteiger partial charge in [-0.2, -0.15) is 5.26 Å². The predicted molar refractivity (Wildman–Crippen MR) is 115 cm³/mol. The lowest BCUT2D eigenvalue weighted by Gasteiger charge is -2.46. The molecule has 0 radical (unpaired) electrons. The third-order valence-corrected chi connectivity index (χ3v) is 7.70. The number of nitriles is 1. The number of amides is 3. The van der Waals surface area contributed by atoms with Crippen molar-refractivity contribution in [3.63, 3.8) is 0 Å². The minimum atomic E-state index is -3.11. The first kappa shape index (κ1) is 25.2. The minimum Gasteiger partial charge on any atom is -0.481 e. The van der Waals surface area contributed by atoms with Crippen LogP contribution in [-0.2, 0) is 9.59 Å². The molecule has 0 bridgehead atoms. The standard InChI is InChI=1S/C23H34F2N4O4/c1-2-23(24,25)14-17(19(32)28-22(15-26)7-8-22)27-20(33)29-11-9-21(10-12-29)5-3-16(4-6-21)13-18(30)31/h16-17H,2-14H2,1H3,(H,27,33)(H,28,32)(H,30,31). The van der Waals surface area contributed by atoms with E-state index < -0.39 is 48.3 Å². The Balaban J connectivity index is 1.55.